The third-order valence-electron chi connectivity index (χ3n) is 4.30. The molecule has 136 valence electrons. The summed E-state index contributed by atoms with van der Waals surface area (Å²) < 4.78 is 28.6. The van der Waals surface area contributed by atoms with E-state index in [-0.39, 0.29) is 23.5 Å². The standard InChI is InChI=1S/C18H18F2N4OS/c1-10-8-23-14(9-22-10)15(25)7-11-5-12(16(20)13(19)6-11)18(2)3-4-26-17(21)24-18/h5-6,8-9H,3-4,7H2,1-2H3,(H2,21,24). The van der Waals surface area contributed by atoms with Crippen LogP contribution < -0.4 is 5.73 Å². The SMILES string of the molecule is Cc1cnc(C(=O)Cc2cc(F)c(F)c(C3(C)CCSC(N)=N3)c2)cn1. The number of hydrogen-bond donors (Lipinski definition) is 1. The highest BCUT2D eigenvalue weighted by Crippen LogP contribution is 2.37. The highest BCUT2D eigenvalue weighted by atomic mass is 32.2. The number of ketones is 1. The summed E-state index contributed by atoms with van der Waals surface area (Å²) in [5, 5.41) is 0.343. The van der Waals surface area contributed by atoms with Gasteiger partial charge in [-0.3, -0.25) is 14.8 Å². The first-order valence-corrected chi connectivity index (χ1v) is 9.05. The normalized spacial score (nSPS) is 19.9. The minimum absolute atomic E-state index is 0.105. The first-order chi connectivity index (χ1) is 12.3. The number of hydrogen-bond acceptors (Lipinski definition) is 6. The molecule has 1 atom stereocenters. The molecule has 0 saturated heterocycles. The number of nitrogens with two attached hydrogens (primary N) is 1. The molecule has 26 heavy (non-hydrogen) atoms. The Morgan fingerprint density at radius 2 is 2.08 bits per heavy atom. The van der Waals surface area contributed by atoms with Gasteiger partial charge >= 0.3 is 0 Å². The van der Waals surface area contributed by atoms with E-state index < -0.39 is 17.2 Å². The van der Waals surface area contributed by atoms with Crippen LogP contribution >= 0.6 is 11.8 Å². The average molecular weight is 376 g/mol. The fraction of sp³-hybridized carbons (Fsp3) is 0.333. The molecule has 0 bridgehead atoms. The Morgan fingerprint density at radius 3 is 2.73 bits per heavy atom. The van der Waals surface area contributed by atoms with Crippen LogP contribution in [0.5, 0.6) is 0 Å². The van der Waals surface area contributed by atoms with Crippen LogP contribution in [-0.2, 0) is 12.0 Å². The van der Waals surface area contributed by atoms with E-state index >= 15 is 0 Å². The number of aliphatic imine (C=N–C) groups is 1. The third-order valence-corrected chi connectivity index (χ3v) is 5.09. The molecule has 2 N–H and O–H groups in total. The maximum atomic E-state index is 14.4. The molecule has 0 fully saturated rings. The number of benzene rings is 1. The van der Waals surface area contributed by atoms with Crippen LogP contribution in [0.25, 0.3) is 0 Å². The van der Waals surface area contributed by atoms with Gasteiger partial charge in [0, 0.05) is 23.9 Å². The van der Waals surface area contributed by atoms with Crippen LogP contribution in [0.4, 0.5) is 8.78 Å². The van der Waals surface area contributed by atoms with E-state index in [0.717, 1.165) is 6.07 Å². The Balaban J connectivity index is 1.94. The zero-order valence-corrected chi connectivity index (χ0v) is 15.2. The van der Waals surface area contributed by atoms with Gasteiger partial charge in [0.25, 0.3) is 0 Å². The molecule has 1 aromatic carbocycles. The summed E-state index contributed by atoms with van der Waals surface area (Å²) in [5.74, 6) is -1.62. The van der Waals surface area contributed by atoms with Crippen molar-refractivity contribution in [3.63, 3.8) is 0 Å². The van der Waals surface area contributed by atoms with E-state index in [0.29, 0.717) is 28.6 Å². The largest absolute Gasteiger partial charge is 0.379 e. The zero-order valence-electron chi connectivity index (χ0n) is 14.4. The average Bonchev–Trinajstić information content (AvgIpc) is 2.58. The van der Waals surface area contributed by atoms with Crippen LogP contribution in [0.2, 0.25) is 0 Å². The number of thioether (sulfide) groups is 1. The van der Waals surface area contributed by atoms with Crippen LogP contribution in [0.3, 0.4) is 0 Å². The Bertz CT molecular complexity index is 886. The number of rotatable bonds is 4. The van der Waals surface area contributed by atoms with Crippen molar-refractivity contribution in [1.29, 1.82) is 0 Å². The number of carbonyl (C=O) groups excluding carboxylic acids is 1. The lowest BCUT2D eigenvalue weighted by molar-refractivity contribution is 0.0987. The molecule has 1 aliphatic heterocycles. The predicted octanol–water partition coefficient (Wildman–Crippen LogP) is 3.16. The molecule has 0 radical (unpaired) electrons. The summed E-state index contributed by atoms with van der Waals surface area (Å²) in [7, 11) is 0. The number of halogens is 2. The van der Waals surface area contributed by atoms with Gasteiger partial charge in [0.2, 0.25) is 0 Å². The van der Waals surface area contributed by atoms with E-state index in [2.05, 4.69) is 15.0 Å². The second-order valence-corrected chi connectivity index (χ2v) is 7.52. The van der Waals surface area contributed by atoms with Gasteiger partial charge in [-0.2, -0.15) is 0 Å². The van der Waals surface area contributed by atoms with E-state index in [1.807, 2.05) is 0 Å². The van der Waals surface area contributed by atoms with Crippen molar-refractivity contribution in [1.82, 2.24) is 9.97 Å². The molecule has 2 aromatic rings. The fourth-order valence-corrected chi connectivity index (χ4v) is 3.81. The Hall–Kier alpha value is -2.35. The molecule has 3 rings (SSSR count). The monoisotopic (exact) mass is 376 g/mol. The summed E-state index contributed by atoms with van der Waals surface area (Å²) >= 11 is 1.38. The van der Waals surface area contributed by atoms with Crippen LogP contribution in [0, 0.1) is 18.6 Å². The van der Waals surface area contributed by atoms with E-state index in [1.165, 1.54) is 30.2 Å². The van der Waals surface area contributed by atoms with Crippen molar-refractivity contribution in [2.75, 3.05) is 5.75 Å². The maximum Gasteiger partial charge on any atom is 0.187 e. The van der Waals surface area contributed by atoms with Crippen molar-refractivity contribution >= 4 is 22.7 Å². The summed E-state index contributed by atoms with van der Waals surface area (Å²) in [6.07, 6.45) is 3.28. The molecule has 1 aromatic heterocycles. The summed E-state index contributed by atoms with van der Waals surface area (Å²) in [4.78, 5) is 24.8. The van der Waals surface area contributed by atoms with Gasteiger partial charge in [0.1, 0.15) is 5.69 Å². The van der Waals surface area contributed by atoms with Gasteiger partial charge in [-0.05, 0) is 38.0 Å². The topological polar surface area (TPSA) is 81.2 Å². The molecule has 1 aliphatic rings. The zero-order chi connectivity index (χ0) is 18.9. The van der Waals surface area contributed by atoms with Crippen LogP contribution in [0.15, 0.2) is 29.5 Å². The number of carbonyl (C=O) groups is 1. The van der Waals surface area contributed by atoms with Gasteiger partial charge in [-0.1, -0.05) is 11.8 Å². The molecule has 2 heterocycles. The fourth-order valence-electron chi connectivity index (χ4n) is 2.83. The Morgan fingerprint density at radius 1 is 1.31 bits per heavy atom. The minimum Gasteiger partial charge on any atom is -0.379 e. The Kier molecular flexibility index (Phi) is 5.04. The Labute approximate surface area is 154 Å². The highest BCUT2D eigenvalue weighted by molar-refractivity contribution is 8.13. The maximum absolute atomic E-state index is 14.4. The highest BCUT2D eigenvalue weighted by Gasteiger charge is 2.33. The van der Waals surface area contributed by atoms with Gasteiger partial charge in [0.15, 0.2) is 22.6 Å². The quantitative estimate of drug-likeness (QED) is 0.829. The lowest BCUT2D eigenvalue weighted by atomic mass is 9.87. The van der Waals surface area contributed by atoms with Crippen molar-refractivity contribution in [3.8, 4) is 0 Å². The molecular weight excluding hydrogens is 358 g/mol. The number of aryl methyl sites for hydroxylation is 1. The first-order valence-electron chi connectivity index (χ1n) is 8.07. The lowest BCUT2D eigenvalue weighted by Crippen LogP contribution is -2.30. The van der Waals surface area contributed by atoms with E-state index in [4.69, 9.17) is 5.73 Å². The second kappa shape index (κ2) is 7.11. The molecule has 0 saturated carbocycles. The molecule has 8 heteroatoms. The number of aromatic nitrogens is 2. The van der Waals surface area contributed by atoms with Crippen molar-refractivity contribution < 1.29 is 13.6 Å². The first kappa shape index (κ1) is 18.4. The van der Waals surface area contributed by atoms with Crippen molar-refractivity contribution in [2.45, 2.75) is 32.2 Å². The molecule has 0 amide bonds. The molecule has 0 aliphatic carbocycles. The lowest BCUT2D eigenvalue weighted by Gasteiger charge is -2.30. The van der Waals surface area contributed by atoms with Gasteiger partial charge in [-0.15, -0.1) is 0 Å². The van der Waals surface area contributed by atoms with E-state index in [1.54, 1.807) is 13.8 Å². The second-order valence-electron chi connectivity index (χ2n) is 6.40. The minimum atomic E-state index is -1.01. The van der Waals surface area contributed by atoms with Crippen LogP contribution in [-0.4, -0.2) is 26.7 Å². The van der Waals surface area contributed by atoms with Crippen LogP contribution in [0.1, 0.15) is 40.7 Å². The van der Waals surface area contributed by atoms with Crippen molar-refractivity contribution in [3.05, 3.63) is 58.7 Å². The number of amidine groups is 1. The number of nitrogens with zero attached hydrogens (tertiary/aromatic N) is 3. The van der Waals surface area contributed by atoms with Gasteiger partial charge in [0.05, 0.1) is 17.4 Å². The number of Topliss-reactive ketones (excluding diaryl/α,β-unsaturated/α-hetero) is 1. The molecule has 0 spiro atoms. The summed E-state index contributed by atoms with van der Waals surface area (Å²) in [6, 6.07) is 2.52. The summed E-state index contributed by atoms with van der Waals surface area (Å²) in [5.41, 5.74) is 6.16. The molecule has 1 unspecified atom stereocenters. The van der Waals surface area contributed by atoms with Crippen molar-refractivity contribution in [2.24, 2.45) is 10.7 Å². The predicted molar refractivity (Wildman–Crippen MR) is 97.2 cm³/mol. The molecule has 5 nitrogen and oxygen atoms in total. The third kappa shape index (κ3) is 3.75. The van der Waals surface area contributed by atoms with E-state index in [9.17, 15) is 13.6 Å². The summed E-state index contributed by atoms with van der Waals surface area (Å²) in [6.45, 7) is 3.48. The van der Waals surface area contributed by atoms with Gasteiger partial charge in [-0.25, -0.2) is 13.8 Å². The molecular formula is C18H18F2N4OS. The smallest absolute Gasteiger partial charge is 0.187 e. The van der Waals surface area contributed by atoms with Gasteiger partial charge < -0.3 is 5.73 Å².